The molecule has 2 N–H and O–H groups in total. The van der Waals surface area contributed by atoms with E-state index in [0.717, 1.165) is 31.6 Å². The molecule has 3 aliphatic rings. The van der Waals surface area contributed by atoms with Gasteiger partial charge in [0.15, 0.2) is 11.9 Å². The number of aromatic nitrogens is 2. The van der Waals surface area contributed by atoms with Crippen LogP contribution in [-0.2, 0) is 11.3 Å². The smallest absolute Gasteiger partial charge is 0.269 e. The van der Waals surface area contributed by atoms with E-state index < -0.39 is 18.0 Å². The Morgan fingerprint density at radius 2 is 2.06 bits per heavy atom. The standard InChI is InChI=1S/C22H25FN6O3/c1-24-21(30)15-4-5-17(20(23)26-15)29-8-6-28(7-9-29)12-14-10-16-18(11-25-14)32-19(13-2-3-13)22(31)27-16/h4-5,10-11,13,19H,2-3,6-9,12H2,1H3,(H,24,30)(H,27,31). The van der Waals surface area contributed by atoms with Crippen molar-refractivity contribution in [3.63, 3.8) is 0 Å². The highest BCUT2D eigenvalue weighted by Crippen LogP contribution is 2.39. The Morgan fingerprint density at radius 1 is 1.28 bits per heavy atom. The van der Waals surface area contributed by atoms with Gasteiger partial charge in [0.1, 0.15) is 5.69 Å². The summed E-state index contributed by atoms with van der Waals surface area (Å²) in [4.78, 5) is 36.4. The van der Waals surface area contributed by atoms with Crippen LogP contribution in [0.25, 0.3) is 0 Å². The van der Waals surface area contributed by atoms with Crippen LogP contribution in [0.5, 0.6) is 5.75 Å². The van der Waals surface area contributed by atoms with Crippen molar-refractivity contribution in [2.45, 2.75) is 25.5 Å². The second kappa shape index (κ2) is 8.34. The van der Waals surface area contributed by atoms with Crippen molar-refractivity contribution in [1.29, 1.82) is 0 Å². The molecular weight excluding hydrogens is 415 g/mol. The molecule has 2 amide bonds. The van der Waals surface area contributed by atoms with E-state index >= 15 is 0 Å². The Kier molecular flexibility index (Phi) is 5.38. The van der Waals surface area contributed by atoms with Gasteiger partial charge >= 0.3 is 0 Å². The van der Waals surface area contributed by atoms with Crippen LogP contribution in [0.15, 0.2) is 24.4 Å². The van der Waals surface area contributed by atoms with Crippen LogP contribution in [0.3, 0.4) is 0 Å². The monoisotopic (exact) mass is 440 g/mol. The van der Waals surface area contributed by atoms with Gasteiger partial charge in [-0.05, 0) is 31.0 Å². The predicted octanol–water partition coefficient (Wildman–Crippen LogP) is 1.41. The first kappa shape index (κ1) is 20.6. The van der Waals surface area contributed by atoms with E-state index in [9.17, 15) is 14.0 Å². The second-order valence-electron chi connectivity index (χ2n) is 8.39. The summed E-state index contributed by atoms with van der Waals surface area (Å²) in [6, 6.07) is 5.00. The Hall–Kier alpha value is -3.27. The van der Waals surface area contributed by atoms with Crippen molar-refractivity contribution in [3.8, 4) is 5.75 Å². The highest BCUT2D eigenvalue weighted by Gasteiger charge is 2.41. The van der Waals surface area contributed by atoms with Crippen molar-refractivity contribution in [3.05, 3.63) is 41.7 Å². The normalized spacial score (nSPS) is 20.9. The minimum atomic E-state index is -0.642. The van der Waals surface area contributed by atoms with Crippen LogP contribution in [-0.4, -0.2) is 66.0 Å². The number of carbonyl (C=O) groups excluding carboxylic acids is 2. The van der Waals surface area contributed by atoms with Gasteiger partial charge in [0.05, 0.1) is 23.3 Å². The van der Waals surface area contributed by atoms with E-state index in [1.165, 1.54) is 13.1 Å². The fourth-order valence-electron chi connectivity index (χ4n) is 4.16. The van der Waals surface area contributed by atoms with Crippen LogP contribution >= 0.6 is 0 Å². The van der Waals surface area contributed by atoms with Crippen molar-refractivity contribution >= 4 is 23.2 Å². The van der Waals surface area contributed by atoms with Crippen LogP contribution in [0.1, 0.15) is 29.0 Å². The zero-order valence-electron chi connectivity index (χ0n) is 17.8. The first-order chi connectivity index (χ1) is 15.5. The van der Waals surface area contributed by atoms with Gasteiger partial charge in [0.25, 0.3) is 11.8 Å². The minimum absolute atomic E-state index is 0.0605. The number of fused-ring (bicyclic) bond motifs is 1. The van der Waals surface area contributed by atoms with Crippen LogP contribution in [0.4, 0.5) is 15.8 Å². The van der Waals surface area contributed by atoms with Gasteiger partial charge < -0.3 is 20.3 Å². The summed E-state index contributed by atoms with van der Waals surface area (Å²) in [7, 11) is 1.48. The fourth-order valence-corrected chi connectivity index (χ4v) is 4.16. The lowest BCUT2D eigenvalue weighted by atomic mass is 10.1. The number of ether oxygens (including phenoxy) is 1. The lowest BCUT2D eigenvalue weighted by Gasteiger charge is -2.36. The number of rotatable bonds is 5. The lowest BCUT2D eigenvalue weighted by molar-refractivity contribution is -0.124. The molecular formula is C22H25FN6O3. The van der Waals surface area contributed by atoms with Gasteiger partial charge in [-0.15, -0.1) is 0 Å². The third-order valence-corrected chi connectivity index (χ3v) is 6.13. The maximum Gasteiger partial charge on any atom is 0.269 e. The molecule has 168 valence electrons. The fraction of sp³-hybridized carbons (Fsp3) is 0.455. The molecule has 0 bridgehead atoms. The molecule has 0 aromatic carbocycles. The van der Waals surface area contributed by atoms with Crippen molar-refractivity contribution in [2.75, 3.05) is 43.4 Å². The average Bonchev–Trinajstić information content (AvgIpc) is 3.64. The molecule has 1 unspecified atom stereocenters. The molecule has 1 saturated heterocycles. The Bertz CT molecular complexity index is 1050. The molecule has 4 heterocycles. The summed E-state index contributed by atoms with van der Waals surface area (Å²) in [5.41, 5.74) is 1.97. The first-order valence-corrected chi connectivity index (χ1v) is 10.8. The Labute approximate surface area is 185 Å². The summed E-state index contributed by atoms with van der Waals surface area (Å²) >= 11 is 0. The molecule has 2 fully saturated rings. The average molecular weight is 440 g/mol. The number of amides is 2. The predicted molar refractivity (Wildman–Crippen MR) is 115 cm³/mol. The molecule has 5 rings (SSSR count). The summed E-state index contributed by atoms with van der Waals surface area (Å²) in [5, 5.41) is 5.39. The third kappa shape index (κ3) is 4.10. The largest absolute Gasteiger partial charge is 0.476 e. The van der Waals surface area contributed by atoms with Gasteiger partial charge in [0, 0.05) is 45.7 Å². The molecule has 32 heavy (non-hydrogen) atoms. The molecule has 10 heteroatoms. The van der Waals surface area contributed by atoms with Gasteiger partial charge in [-0.25, -0.2) is 4.98 Å². The number of nitrogens with zero attached hydrogens (tertiary/aromatic N) is 4. The summed E-state index contributed by atoms with van der Waals surface area (Å²) in [6.45, 7) is 3.33. The molecule has 1 atom stereocenters. The van der Waals surface area contributed by atoms with Crippen LogP contribution in [0.2, 0.25) is 0 Å². The van der Waals surface area contributed by atoms with E-state index in [1.54, 1.807) is 12.3 Å². The number of hydrogen-bond donors (Lipinski definition) is 2. The molecule has 2 aliphatic heterocycles. The zero-order valence-corrected chi connectivity index (χ0v) is 17.8. The second-order valence-corrected chi connectivity index (χ2v) is 8.39. The summed E-state index contributed by atoms with van der Waals surface area (Å²) in [5.74, 6) is -0.195. The SMILES string of the molecule is CNC(=O)c1ccc(N2CCN(Cc3cc4c(cn3)OC(C3CC3)C(=O)N4)CC2)c(F)n1. The molecule has 1 aliphatic carbocycles. The number of nitrogens with one attached hydrogen (secondary N) is 2. The van der Waals surface area contributed by atoms with Gasteiger partial charge in [-0.3, -0.25) is 19.5 Å². The lowest BCUT2D eigenvalue weighted by Crippen LogP contribution is -2.46. The Balaban J connectivity index is 1.19. The number of hydrogen-bond acceptors (Lipinski definition) is 7. The highest BCUT2D eigenvalue weighted by atomic mass is 19.1. The molecule has 0 radical (unpaired) electrons. The van der Waals surface area contributed by atoms with Crippen molar-refractivity contribution < 1.29 is 18.7 Å². The van der Waals surface area contributed by atoms with E-state index in [-0.39, 0.29) is 11.6 Å². The molecule has 0 spiro atoms. The van der Waals surface area contributed by atoms with Crippen molar-refractivity contribution in [2.24, 2.45) is 5.92 Å². The molecule has 1 saturated carbocycles. The number of pyridine rings is 2. The number of piperazine rings is 1. The number of carbonyl (C=O) groups is 2. The van der Waals surface area contributed by atoms with E-state index in [4.69, 9.17) is 4.74 Å². The maximum atomic E-state index is 14.4. The highest BCUT2D eigenvalue weighted by molar-refractivity contribution is 5.98. The van der Waals surface area contributed by atoms with Crippen molar-refractivity contribution in [1.82, 2.24) is 20.2 Å². The number of halogens is 1. The number of anilines is 2. The van der Waals surface area contributed by atoms with E-state index in [2.05, 4.69) is 25.5 Å². The van der Waals surface area contributed by atoms with Crippen LogP contribution < -0.4 is 20.3 Å². The Morgan fingerprint density at radius 3 is 2.75 bits per heavy atom. The maximum absolute atomic E-state index is 14.4. The summed E-state index contributed by atoms with van der Waals surface area (Å²) in [6.07, 6.45) is 3.35. The van der Waals surface area contributed by atoms with Gasteiger partial charge in [0.2, 0.25) is 5.95 Å². The summed E-state index contributed by atoms with van der Waals surface area (Å²) < 4.78 is 20.3. The third-order valence-electron chi connectivity index (χ3n) is 6.13. The molecule has 9 nitrogen and oxygen atoms in total. The molecule has 2 aromatic rings. The quantitative estimate of drug-likeness (QED) is 0.678. The van der Waals surface area contributed by atoms with E-state index in [1.807, 2.05) is 11.0 Å². The van der Waals surface area contributed by atoms with Gasteiger partial charge in [-0.1, -0.05) is 0 Å². The van der Waals surface area contributed by atoms with Crippen LogP contribution in [0, 0.1) is 11.9 Å². The zero-order chi connectivity index (χ0) is 22.2. The molecule has 2 aromatic heterocycles. The van der Waals surface area contributed by atoms with E-state index in [0.29, 0.717) is 42.7 Å². The topological polar surface area (TPSA) is 99.7 Å². The first-order valence-electron chi connectivity index (χ1n) is 10.8. The van der Waals surface area contributed by atoms with Gasteiger partial charge in [-0.2, -0.15) is 4.39 Å². The minimum Gasteiger partial charge on any atom is -0.476 e.